The van der Waals surface area contributed by atoms with Gasteiger partial charge in [0.25, 0.3) is 0 Å². The van der Waals surface area contributed by atoms with Gasteiger partial charge in [0, 0.05) is 31.7 Å². The molecule has 2 fully saturated rings. The Kier molecular flexibility index (Phi) is 6.50. The maximum atomic E-state index is 12.0. The molecule has 0 aromatic heterocycles. The van der Waals surface area contributed by atoms with Crippen molar-refractivity contribution in [3.63, 3.8) is 0 Å². The van der Waals surface area contributed by atoms with Gasteiger partial charge in [-0.1, -0.05) is 26.7 Å². The molecular formula is C17H33N3O2. The van der Waals surface area contributed by atoms with E-state index in [-0.39, 0.29) is 12.1 Å². The Morgan fingerprint density at radius 3 is 2.23 bits per heavy atom. The molecule has 0 aromatic carbocycles. The van der Waals surface area contributed by atoms with Crippen LogP contribution in [0.5, 0.6) is 0 Å². The van der Waals surface area contributed by atoms with Gasteiger partial charge in [0.2, 0.25) is 0 Å². The first-order chi connectivity index (χ1) is 10.6. The van der Waals surface area contributed by atoms with Crippen LogP contribution in [-0.4, -0.2) is 53.4 Å². The maximum Gasteiger partial charge on any atom is 0.315 e. The summed E-state index contributed by atoms with van der Waals surface area (Å²) < 4.78 is 0. The third-order valence-electron chi connectivity index (χ3n) is 4.94. The molecule has 0 aromatic rings. The van der Waals surface area contributed by atoms with Gasteiger partial charge in [0.1, 0.15) is 0 Å². The number of hydrogen-bond acceptors (Lipinski definition) is 3. The molecule has 2 rings (SSSR count). The Hall–Kier alpha value is -0.810. The number of likely N-dealkylation sites (tertiary alicyclic amines) is 1. The van der Waals surface area contributed by atoms with Crippen LogP contribution in [0.2, 0.25) is 0 Å². The van der Waals surface area contributed by atoms with Crippen LogP contribution in [0.15, 0.2) is 0 Å². The number of urea groups is 1. The predicted molar refractivity (Wildman–Crippen MR) is 88.9 cm³/mol. The average Bonchev–Trinajstić information content (AvgIpc) is 3.31. The number of rotatable bonds is 8. The summed E-state index contributed by atoms with van der Waals surface area (Å²) in [5.74, 6) is 0. The van der Waals surface area contributed by atoms with Gasteiger partial charge >= 0.3 is 6.03 Å². The Morgan fingerprint density at radius 2 is 1.73 bits per heavy atom. The summed E-state index contributed by atoms with van der Waals surface area (Å²) in [6.45, 7) is 6.68. The maximum absolute atomic E-state index is 12.0. The van der Waals surface area contributed by atoms with Crippen LogP contribution in [0.4, 0.5) is 4.79 Å². The number of amides is 2. The highest BCUT2D eigenvalue weighted by molar-refractivity contribution is 5.74. The lowest BCUT2D eigenvalue weighted by Gasteiger charge is -2.33. The molecule has 3 N–H and O–H groups in total. The molecule has 1 aliphatic heterocycles. The summed E-state index contributed by atoms with van der Waals surface area (Å²) >= 11 is 0. The molecule has 2 aliphatic rings. The first-order valence-electron chi connectivity index (χ1n) is 9.07. The second kappa shape index (κ2) is 8.16. The molecule has 5 nitrogen and oxygen atoms in total. The van der Waals surface area contributed by atoms with Gasteiger partial charge in [0.05, 0.1) is 5.60 Å². The third-order valence-corrected chi connectivity index (χ3v) is 4.94. The van der Waals surface area contributed by atoms with Crippen molar-refractivity contribution in [3.8, 4) is 0 Å². The van der Waals surface area contributed by atoms with Crippen molar-refractivity contribution in [3.05, 3.63) is 0 Å². The molecule has 1 heterocycles. The highest BCUT2D eigenvalue weighted by atomic mass is 16.3. The summed E-state index contributed by atoms with van der Waals surface area (Å²) in [4.78, 5) is 14.6. The first kappa shape index (κ1) is 17.5. The molecule has 1 aliphatic carbocycles. The highest BCUT2D eigenvalue weighted by Crippen LogP contribution is 2.29. The van der Waals surface area contributed by atoms with Gasteiger partial charge in [0.15, 0.2) is 0 Å². The van der Waals surface area contributed by atoms with E-state index in [1.165, 1.54) is 12.8 Å². The van der Waals surface area contributed by atoms with Crippen LogP contribution in [0, 0.1) is 0 Å². The zero-order valence-electron chi connectivity index (χ0n) is 14.2. The first-order valence-corrected chi connectivity index (χ1v) is 9.07. The summed E-state index contributed by atoms with van der Waals surface area (Å²) in [6.07, 6.45) is 8.12. The zero-order valence-corrected chi connectivity index (χ0v) is 14.2. The number of aliphatic hydroxyl groups is 1. The van der Waals surface area contributed by atoms with Crippen molar-refractivity contribution in [2.45, 2.75) is 82.9 Å². The summed E-state index contributed by atoms with van der Waals surface area (Å²) in [5.41, 5.74) is -0.754. The van der Waals surface area contributed by atoms with Gasteiger partial charge in [-0.2, -0.15) is 0 Å². The van der Waals surface area contributed by atoms with E-state index in [4.69, 9.17) is 0 Å². The smallest absolute Gasteiger partial charge is 0.315 e. The van der Waals surface area contributed by atoms with Crippen LogP contribution in [0.3, 0.4) is 0 Å². The molecule has 1 saturated carbocycles. The summed E-state index contributed by atoms with van der Waals surface area (Å²) in [7, 11) is 0. The standard InChI is InChI=1S/C17H33N3O2/c1-3-9-17(22,10-4-2)13-18-16(21)19-14-7-11-20(12-8-14)15-5-6-15/h14-15,22H,3-13H2,1-2H3,(H2,18,19,21). The van der Waals surface area contributed by atoms with Crippen molar-refractivity contribution >= 4 is 6.03 Å². The van der Waals surface area contributed by atoms with Crippen LogP contribution in [-0.2, 0) is 0 Å². The van der Waals surface area contributed by atoms with Crippen molar-refractivity contribution in [1.82, 2.24) is 15.5 Å². The lowest BCUT2D eigenvalue weighted by Crippen LogP contribution is -2.51. The van der Waals surface area contributed by atoms with Crippen molar-refractivity contribution in [2.24, 2.45) is 0 Å². The van der Waals surface area contributed by atoms with E-state index in [9.17, 15) is 9.90 Å². The molecule has 2 amide bonds. The van der Waals surface area contributed by atoms with Gasteiger partial charge in [-0.05, 0) is 38.5 Å². The normalized spacial score (nSPS) is 20.9. The van der Waals surface area contributed by atoms with E-state index in [1.54, 1.807) is 0 Å². The number of nitrogens with one attached hydrogen (secondary N) is 2. The van der Waals surface area contributed by atoms with Crippen molar-refractivity contribution < 1.29 is 9.90 Å². The second-order valence-electron chi connectivity index (χ2n) is 7.09. The summed E-state index contributed by atoms with van der Waals surface area (Å²) in [6, 6.07) is 0.976. The lowest BCUT2D eigenvalue weighted by molar-refractivity contribution is 0.0239. The number of nitrogens with zero attached hydrogens (tertiary/aromatic N) is 1. The van der Waals surface area contributed by atoms with E-state index in [1.807, 2.05) is 0 Å². The quantitative estimate of drug-likeness (QED) is 0.644. The lowest BCUT2D eigenvalue weighted by atomic mass is 9.93. The fourth-order valence-corrected chi connectivity index (χ4v) is 3.56. The third kappa shape index (κ3) is 5.43. The Balaban J connectivity index is 1.66. The topological polar surface area (TPSA) is 64.6 Å². The van der Waals surface area contributed by atoms with E-state index < -0.39 is 5.60 Å². The molecule has 128 valence electrons. The van der Waals surface area contributed by atoms with Gasteiger partial charge < -0.3 is 20.6 Å². The Bertz CT molecular complexity index is 344. The minimum Gasteiger partial charge on any atom is -0.388 e. The van der Waals surface area contributed by atoms with E-state index in [2.05, 4.69) is 29.4 Å². The summed E-state index contributed by atoms with van der Waals surface area (Å²) in [5, 5.41) is 16.5. The number of carbonyl (C=O) groups excluding carboxylic acids is 1. The van der Waals surface area contributed by atoms with Gasteiger partial charge in [-0.25, -0.2) is 4.79 Å². The number of piperidine rings is 1. The van der Waals surface area contributed by atoms with E-state index >= 15 is 0 Å². The monoisotopic (exact) mass is 311 g/mol. The van der Waals surface area contributed by atoms with Gasteiger partial charge in [-0.15, -0.1) is 0 Å². The minimum absolute atomic E-state index is 0.129. The van der Waals surface area contributed by atoms with Crippen molar-refractivity contribution in [2.75, 3.05) is 19.6 Å². The molecule has 22 heavy (non-hydrogen) atoms. The molecule has 0 spiro atoms. The SMILES string of the molecule is CCCC(O)(CCC)CNC(=O)NC1CCN(C2CC2)CC1. The largest absolute Gasteiger partial charge is 0.388 e. The van der Waals surface area contributed by atoms with E-state index in [0.717, 1.165) is 57.7 Å². The number of carbonyl (C=O) groups is 1. The zero-order chi connectivity index (χ0) is 16.0. The van der Waals surface area contributed by atoms with Crippen LogP contribution in [0.25, 0.3) is 0 Å². The Morgan fingerprint density at radius 1 is 1.14 bits per heavy atom. The van der Waals surface area contributed by atoms with Crippen molar-refractivity contribution in [1.29, 1.82) is 0 Å². The van der Waals surface area contributed by atoms with E-state index in [0.29, 0.717) is 6.54 Å². The second-order valence-corrected chi connectivity index (χ2v) is 7.09. The molecular weight excluding hydrogens is 278 g/mol. The molecule has 0 atom stereocenters. The fourth-order valence-electron chi connectivity index (χ4n) is 3.56. The Labute approximate surface area is 134 Å². The molecule has 0 unspecified atom stereocenters. The molecule has 0 bridgehead atoms. The molecule has 0 radical (unpaired) electrons. The minimum atomic E-state index is -0.754. The predicted octanol–water partition coefficient (Wildman–Crippen LogP) is 2.24. The van der Waals surface area contributed by atoms with Crippen LogP contribution < -0.4 is 10.6 Å². The molecule has 5 heteroatoms. The average molecular weight is 311 g/mol. The fraction of sp³-hybridized carbons (Fsp3) is 0.941. The molecule has 1 saturated heterocycles. The number of hydrogen-bond donors (Lipinski definition) is 3. The highest BCUT2D eigenvalue weighted by Gasteiger charge is 2.32. The van der Waals surface area contributed by atoms with Crippen LogP contribution >= 0.6 is 0 Å². The van der Waals surface area contributed by atoms with Gasteiger partial charge in [-0.3, -0.25) is 0 Å². The van der Waals surface area contributed by atoms with Crippen LogP contribution in [0.1, 0.15) is 65.2 Å².